The zero-order valence-electron chi connectivity index (χ0n) is 8.18. The van der Waals surface area contributed by atoms with E-state index in [-0.39, 0.29) is 0 Å². The lowest BCUT2D eigenvalue weighted by Gasteiger charge is -2.11. The third-order valence-corrected chi connectivity index (χ3v) is 2.88. The van der Waals surface area contributed by atoms with Gasteiger partial charge in [0.05, 0.1) is 24.3 Å². The predicted molar refractivity (Wildman–Crippen MR) is 67.5 cm³/mol. The Morgan fingerprint density at radius 2 is 1.60 bits per heavy atom. The van der Waals surface area contributed by atoms with Crippen LogP contribution in [0.4, 0.5) is 0 Å². The van der Waals surface area contributed by atoms with Crippen LogP contribution in [0.5, 0.6) is 11.5 Å². The van der Waals surface area contributed by atoms with Crippen molar-refractivity contribution in [2.45, 2.75) is 0 Å². The van der Waals surface area contributed by atoms with E-state index in [2.05, 4.69) is 15.9 Å². The molecule has 0 N–H and O–H groups in total. The maximum atomic E-state index is 6.08. The predicted octanol–water partition coefficient (Wildman–Crippen LogP) is 4.38. The van der Waals surface area contributed by atoms with Gasteiger partial charge in [-0.1, -0.05) is 39.1 Å². The molecular weight excluding hydrogens is 303 g/mol. The highest BCUT2D eigenvalue weighted by Crippen LogP contribution is 2.41. The largest absolute Gasteiger partial charge is 0.495 e. The second kappa shape index (κ2) is 5.64. The summed E-state index contributed by atoms with van der Waals surface area (Å²) >= 11 is 15.3. The second-order valence-corrected chi connectivity index (χ2v) is 3.90. The fraction of sp³-hybridized carbons (Fsp3) is 0.200. The summed E-state index contributed by atoms with van der Waals surface area (Å²) in [5.74, 6) is 1.05. The van der Waals surface area contributed by atoms with Gasteiger partial charge in [-0.3, -0.25) is 0 Å². The van der Waals surface area contributed by atoms with E-state index in [1.165, 1.54) is 14.2 Å². The fourth-order valence-electron chi connectivity index (χ4n) is 1.11. The summed E-state index contributed by atoms with van der Waals surface area (Å²) in [6.07, 6.45) is 1.73. The number of benzene rings is 1. The van der Waals surface area contributed by atoms with E-state index in [1.54, 1.807) is 17.1 Å². The van der Waals surface area contributed by atoms with Crippen LogP contribution in [0, 0.1) is 0 Å². The Kier molecular flexibility index (Phi) is 4.77. The van der Waals surface area contributed by atoms with Gasteiger partial charge < -0.3 is 9.47 Å². The Bertz CT molecular complexity index is 363. The van der Waals surface area contributed by atoms with Crippen molar-refractivity contribution >= 4 is 45.2 Å². The third kappa shape index (κ3) is 2.60. The van der Waals surface area contributed by atoms with Crippen LogP contribution in [0.15, 0.2) is 11.1 Å². The number of rotatable bonds is 3. The average molecular weight is 312 g/mol. The zero-order valence-corrected chi connectivity index (χ0v) is 11.3. The summed E-state index contributed by atoms with van der Waals surface area (Å²) in [4.78, 5) is 1.67. The van der Waals surface area contributed by atoms with Crippen molar-refractivity contribution in [2.75, 3.05) is 14.2 Å². The molecule has 0 fully saturated rings. The Morgan fingerprint density at radius 1 is 1.13 bits per heavy atom. The monoisotopic (exact) mass is 310 g/mol. The van der Waals surface area contributed by atoms with Crippen molar-refractivity contribution in [2.24, 2.45) is 0 Å². The van der Waals surface area contributed by atoms with E-state index in [0.29, 0.717) is 27.1 Å². The van der Waals surface area contributed by atoms with Crippen molar-refractivity contribution in [3.63, 3.8) is 0 Å². The number of ether oxygens (including phenoxy) is 2. The SMILES string of the molecule is COc1cc(OC)c(Cl)c(/C=C/Br)c1Cl. The van der Waals surface area contributed by atoms with E-state index >= 15 is 0 Å². The molecule has 1 aromatic rings. The van der Waals surface area contributed by atoms with Gasteiger partial charge in [0, 0.05) is 11.6 Å². The molecule has 0 saturated heterocycles. The third-order valence-electron chi connectivity index (χ3n) is 1.84. The molecule has 0 saturated carbocycles. The van der Waals surface area contributed by atoms with Gasteiger partial charge in [-0.15, -0.1) is 0 Å². The highest BCUT2D eigenvalue weighted by Gasteiger charge is 2.14. The maximum Gasteiger partial charge on any atom is 0.141 e. The topological polar surface area (TPSA) is 18.5 Å². The molecule has 0 unspecified atom stereocenters. The van der Waals surface area contributed by atoms with Crippen molar-refractivity contribution in [1.29, 1.82) is 0 Å². The lowest BCUT2D eigenvalue weighted by atomic mass is 10.2. The first-order valence-corrected chi connectivity index (χ1v) is 5.69. The van der Waals surface area contributed by atoms with E-state index in [1.807, 2.05) is 0 Å². The van der Waals surface area contributed by atoms with Gasteiger partial charge >= 0.3 is 0 Å². The number of halogens is 3. The molecule has 0 bridgehead atoms. The number of hydrogen-bond acceptors (Lipinski definition) is 2. The van der Waals surface area contributed by atoms with Crippen molar-refractivity contribution in [3.05, 3.63) is 26.7 Å². The Labute approximate surface area is 107 Å². The van der Waals surface area contributed by atoms with Gasteiger partial charge in [-0.05, 0) is 11.1 Å². The van der Waals surface area contributed by atoms with Crippen molar-refractivity contribution in [3.8, 4) is 11.5 Å². The second-order valence-electron chi connectivity index (χ2n) is 2.62. The summed E-state index contributed by atoms with van der Waals surface area (Å²) in [5, 5.41) is 0.915. The Balaban J connectivity index is 3.45. The molecule has 5 heteroatoms. The first kappa shape index (κ1) is 12.7. The molecule has 1 aromatic carbocycles. The summed E-state index contributed by atoms with van der Waals surface area (Å²) in [6, 6.07) is 1.65. The van der Waals surface area contributed by atoms with Gasteiger partial charge in [0.25, 0.3) is 0 Å². The molecule has 0 aliphatic carbocycles. The Hall–Kier alpha value is -0.380. The molecule has 1 rings (SSSR count). The van der Waals surface area contributed by atoms with Gasteiger partial charge in [0.15, 0.2) is 0 Å². The zero-order chi connectivity index (χ0) is 11.4. The van der Waals surface area contributed by atoms with Crippen LogP contribution < -0.4 is 9.47 Å². The minimum Gasteiger partial charge on any atom is -0.495 e. The van der Waals surface area contributed by atoms with E-state index in [0.717, 1.165) is 0 Å². The summed E-state index contributed by atoms with van der Waals surface area (Å²) in [6.45, 7) is 0. The molecule has 0 aliphatic heterocycles. The van der Waals surface area contributed by atoms with Crippen molar-refractivity contribution < 1.29 is 9.47 Å². The maximum absolute atomic E-state index is 6.08. The minimum atomic E-state index is 0.457. The molecule has 0 amide bonds. The van der Waals surface area contributed by atoms with E-state index < -0.39 is 0 Å². The molecule has 0 radical (unpaired) electrons. The fourth-order valence-corrected chi connectivity index (χ4v) is 2.01. The van der Waals surface area contributed by atoms with Crippen LogP contribution in [0.1, 0.15) is 5.56 Å². The van der Waals surface area contributed by atoms with Gasteiger partial charge in [-0.25, -0.2) is 0 Å². The molecule has 0 aliphatic rings. The normalized spacial score (nSPS) is 10.7. The number of hydrogen-bond donors (Lipinski definition) is 0. The van der Waals surface area contributed by atoms with Crippen LogP contribution in [-0.2, 0) is 0 Å². The minimum absolute atomic E-state index is 0.457. The van der Waals surface area contributed by atoms with Crippen LogP contribution >= 0.6 is 39.1 Å². The lowest BCUT2D eigenvalue weighted by molar-refractivity contribution is 0.394. The molecule has 0 aromatic heterocycles. The van der Waals surface area contributed by atoms with Gasteiger partial charge in [-0.2, -0.15) is 0 Å². The van der Waals surface area contributed by atoms with Crippen LogP contribution in [0.2, 0.25) is 10.0 Å². The molecule has 15 heavy (non-hydrogen) atoms. The highest BCUT2D eigenvalue weighted by molar-refractivity contribution is 9.11. The quantitative estimate of drug-likeness (QED) is 0.825. The Morgan fingerprint density at radius 3 is 1.93 bits per heavy atom. The molecule has 0 spiro atoms. The first-order chi connectivity index (χ1) is 7.15. The van der Waals surface area contributed by atoms with Gasteiger partial charge in [0.1, 0.15) is 11.5 Å². The smallest absolute Gasteiger partial charge is 0.141 e. The van der Waals surface area contributed by atoms with Crippen LogP contribution in [0.3, 0.4) is 0 Å². The molecule has 82 valence electrons. The first-order valence-electron chi connectivity index (χ1n) is 4.02. The standard InChI is InChI=1S/C10H9BrCl2O2/c1-14-7-5-8(15-2)10(13)6(3-4-11)9(7)12/h3-5H,1-2H3/b4-3+. The molecular formula is C10H9BrCl2O2. The van der Waals surface area contributed by atoms with Crippen LogP contribution in [0.25, 0.3) is 6.08 Å². The average Bonchev–Trinajstić information content (AvgIpc) is 2.25. The lowest BCUT2D eigenvalue weighted by Crippen LogP contribution is -1.92. The van der Waals surface area contributed by atoms with E-state index in [4.69, 9.17) is 32.7 Å². The van der Waals surface area contributed by atoms with Crippen LogP contribution in [-0.4, -0.2) is 14.2 Å². The molecule has 0 atom stereocenters. The van der Waals surface area contributed by atoms with Gasteiger partial charge in [0.2, 0.25) is 0 Å². The molecule has 2 nitrogen and oxygen atoms in total. The summed E-state index contributed by atoms with van der Waals surface area (Å²) in [5.41, 5.74) is 0.659. The number of methoxy groups -OCH3 is 2. The molecule has 0 heterocycles. The van der Waals surface area contributed by atoms with Crippen molar-refractivity contribution in [1.82, 2.24) is 0 Å². The summed E-state index contributed by atoms with van der Waals surface area (Å²) in [7, 11) is 3.08. The summed E-state index contributed by atoms with van der Waals surface area (Å²) < 4.78 is 10.2. The van der Waals surface area contributed by atoms with E-state index in [9.17, 15) is 0 Å². The highest BCUT2D eigenvalue weighted by atomic mass is 79.9.